The predicted molar refractivity (Wildman–Crippen MR) is 65.0 cm³/mol. The molecule has 1 heterocycles. The molecule has 0 bridgehead atoms. The Balaban J connectivity index is 2.07. The number of aryl methyl sites for hydroxylation is 2. The minimum absolute atomic E-state index is 0.109. The van der Waals surface area contributed by atoms with Crippen molar-refractivity contribution in [3.05, 3.63) is 29.1 Å². The van der Waals surface area contributed by atoms with Gasteiger partial charge < -0.3 is 10.1 Å². The number of methoxy groups -OCH3 is 1. The molecule has 17 heavy (non-hydrogen) atoms. The molecular weight excluding hydrogens is 216 g/mol. The zero-order valence-electron chi connectivity index (χ0n) is 10.5. The molecule has 4 heteroatoms. The van der Waals surface area contributed by atoms with Crippen LogP contribution >= 0.6 is 0 Å². The minimum Gasteiger partial charge on any atom is -0.382 e. The number of ether oxygens (including phenoxy) is 1. The predicted octanol–water partition coefficient (Wildman–Crippen LogP) is 1.61. The monoisotopic (exact) mass is 234 g/mol. The van der Waals surface area contributed by atoms with Crippen molar-refractivity contribution >= 4 is 5.91 Å². The molecule has 2 rings (SSSR count). The summed E-state index contributed by atoms with van der Waals surface area (Å²) in [7, 11) is 1.65. The van der Waals surface area contributed by atoms with Crippen molar-refractivity contribution in [3.63, 3.8) is 0 Å². The standard InChI is InChI=1S/C13H18N2O2/c1-9-4-5-11(14-10(9)2)12(16)15-13(6-7-13)8-17-3/h4-5H,6-8H2,1-3H3,(H,15,16). The Morgan fingerprint density at radius 3 is 2.71 bits per heavy atom. The van der Waals surface area contributed by atoms with Crippen LogP contribution in [0.1, 0.15) is 34.6 Å². The normalized spacial score (nSPS) is 16.6. The van der Waals surface area contributed by atoms with Crippen LogP contribution in [-0.4, -0.2) is 30.1 Å². The molecule has 0 aliphatic heterocycles. The lowest BCUT2D eigenvalue weighted by Crippen LogP contribution is -2.40. The average molecular weight is 234 g/mol. The Hall–Kier alpha value is -1.42. The Labute approximate surface area is 101 Å². The van der Waals surface area contributed by atoms with Crippen LogP contribution in [0.4, 0.5) is 0 Å². The molecule has 0 spiro atoms. The second-order valence-corrected chi connectivity index (χ2v) is 4.77. The quantitative estimate of drug-likeness (QED) is 0.861. The van der Waals surface area contributed by atoms with Crippen LogP contribution in [0.15, 0.2) is 12.1 Å². The first-order valence-electron chi connectivity index (χ1n) is 5.82. The first-order chi connectivity index (χ1) is 8.06. The Kier molecular flexibility index (Phi) is 3.15. The van der Waals surface area contributed by atoms with E-state index in [0.717, 1.165) is 24.1 Å². The maximum absolute atomic E-state index is 12.0. The van der Waals surface area contributed by atoms with Gasteiger partial charge >= 0.3 is 0 Å². The summed E-state index contributed by atoms with van der Waals surface area (Å²) in [5.74, 6) is -0.109. The Morgan fingerprint density at radius 1 is 1.47 bits per heavy atom. The van der Waals surface area contributed by atoms with Crippen molar-refractivity contribution in [2.45, 2.75) is 32.2 Å². The lowest BCUT2D eigenvalue weighted by atomic mass is 10.2. The summed E-state index contributed by atoms with van der Waals surface area (Å²) in [5, 5.41) is 3.00. The molecule has 0 atom stereocenters. The third-order valence-electron chi connectivity index (χ3n) is 3.24. The smallest absolute Gasteiger partial charge is 0.270 e. The van der Waals surface area contributed by atoms with Crippen molar-refractivity contribution < 1.29 is 9.53 Å². The largest absolute Gasteiger partial charge is 0.382 e. The van der Waals surface area contributed by atoms with Crippen LogP contribution in [0.25, 0.3) is 0 Å². The Bertz CT molecular complexity index is 439. The number of nitrogens with zero attached hydrogens (tertiary/aromatic N) is 1. The van der Waals surface area contributed by atoms with Crippen molar-refractivity contribution in [2.24, 2.45) is 0 Å². The van der Waals surface area contributed by atoms with Crippen LogP contribution in [0.3, 0.4) is 0 Å². The molecule has 1 fully saturated rings. The van der Waals surface area contributed by atoms with E-state index in [1.165, 1.54) is 0 Å². The third kappa shape index (κ3) is 2.64. The maximum Gasteiger partial charge on any atom is 0.270 e. The number of carbonyl (C=O) groups is 1. The molecule has 1 saturated carbocycles. The van der Waals surface area contributed by atoms with E-state index in [2.05, 4.69) is 10.3 Å². The molecule has 1 aliphatic carbocycles. The first-order valence-corrected chi connectivity index (χ1v) is 5.82. The van der Waals surface area contributed by atoms with Crippen molar-refractivity contribution in [1.82, 2.24) is 10.3 Å². The number of nitrogens with one attached hydrogen (secondary N) is 1. The van der Waals surface area contributed by atoms with Gasteiger partial charge in [-0.05, 0) is 38.3 Å². The summed E-state index contributed by atoms with van der Waals surface area (Å²) in [5.41, 5.74) is 2.33. The van der Waals surface area contributed by atoms with Crippen LogP contribution in [0.2, 0.25) is 0 Å². The number of aromatic nitrogens is 1. The second-order valence-electron chi connectivity index (χ2n) is 4.77. The van der Waals surface area contributed by atoms with E-state index in [0.29, 0.717) is 12.3 Å². The highest BCUT2D eigenvalue weighted by Gasteiger charge is 2.44. The highest BCUT2D eigenvalue weighted by atomic mass is 16.5. The van der Waals surface area contributed by atoms with Crippen LogP contribution in [0, 0.1) is 13.8 Å². The van der Waals surface area contributed by atoms with Crippen LogP contribution in [0.5, 0.6) is 0 Å². The van der Waals surface area contributed by atoms with Gasteiger partial charge in [-0.3, -0.25) is 4.79 Å². The van der Waals surface area contributed by atoms with Gasteiger partial charge in [0.15, 0.2) is 0 Å². The van der Waals surface area contributed by atoms with E-state index in [4.69, 9.17) is 4.74 Å². The van der Waals surface area contributed by atoms with E-state index in [1.807, 2.05) is 19.9 Å². The highest BCUT2D eigenvalue weighted by Crippen LogP contribution is 2.35. The molecule has 4 nitrogen and oxygen atoms in total. The molecular formula is C13H18N2O2. The SMILES string of the molecule is COCC1(NC(=O)c2ccc(C)c(C)n2)CC1. The lowest BCUT2D eigenvalue weighted by Gasteiger charge is -2.16. The van der Waals surface area contributed by atoms with Gasteiger partial charge in [0.1, 0.15) is 5.69 Å². The summed E-state index contributed by atoms with van der Waals surface area (Å²) >= 11 is 0. The fraction of sp³-hybridized carbons (Fsp3) is 0.538. The first kappa shape index (κ1) is 12.0. The summed E-state index contributed by atoms with van der Waals surface area (Å²) in [6.45, 7) is 4.47. The molecule has 92 valence electrons. The summed E-state index contributed by atoms with van der Waals surface area (Å²) < 4.78 is 5.11. The van der Waals surface area contributed by atoms with Gasteiger partial charge in [-0.25, -0.2) is 4.98 Å². The molecule has 1 aromatic heterocycles. The number of pyridine rings is 1. The summed E-state index contributed by atoms with van der Waals surface area (Å²) in [6.07, 6.45) is 1.97. The van der Waals surface area contributed by atoms with E-state index in [-0.39, 0.29) is 11.4 Å². The molecule has 1 aromatic rings. The second kappa shape index (κ2) is 4.45. The highest BCUT2D eigenvalue weighted by molar-refractivity contribution is 5.93. The zero-order valence-corrected chi connectivity index (χ0v) is 10.5. The van der Waals surface area contributed by atoms with Gasteiger partial charge in [0.25, 0.3) is 5.91 Å². The van der Waals surface area contributed by atoms with Gasteiger partial charge in [0.2, 0.25) is 0 Å². The summed E-state index contributed by atoms with van der Waals surface area (Å²) in [6, 6.07) is 3.69. The number of rotatable bonds is 4. The van der Waals surface area contributed by atoms with Gasteiger partial charge in [-0.2, -0.15) is 0 Å². The number of hydrogen-bond acceptors (Lipinski definition) is 3. The summed E-state index contributed by atoms with van der Waals surface area (Å²) in [4.78, 5) is 16.3. The van der Waals surface area contributed by atoms with Crippen LogP contribution < -0.4 is 5.32 Å². The van der Waals surface area contributed by atoms with Crippen molar-refractivity contribution in [1.29, 1.82) is 0 Å². The molecule has 1 aliphatic rings. The number of carbonyl (C=O) groups excluding carboxylic acids is 1. The van der Waals surface area contributed by atoms with E-state index in [9.17, 15) is 4.79 Å². The lowest BCUT2D eigenvalue weighted by molar-refractivity contribution is 0.0876. The topological polar surface area (TPSA) is 51.2 Å². The van der Waals surface area contributed by atoms with Gasteiger partial charge in [-0.15, -0.1) is 0 Å². The molecule has 0 radical (unpaired) electrons. The van der Waals surface area contributed by atoms with Gasteiger partial charge in [0, 0.05) is 12.8 Å². The van der Waals surface area contributed by atoms with Crippen LogP contribution in [-0.2, 0) is 4.74 Å². The van der Waals surface area contributed by atoms with Gasteiger partial charge in [-0.1, -0.05) is 6.07 Å². The number of hydrogen-bond donors (Lipinski definition) is 1. The van der Waals surface area contributed by atoms with Crippen molar-refractivity contribution in [3.8, 4) is 0 Å². The zero-order chi connectivity index (χ0) is 12.5. The molecule has 0 unspecified atom stereocenters. The van der Waals surface area contributed by atoms with Crippen molar-refractivity contribution in [2.75, 3.05) is 13.7 Å². The van der Waals surface area contributed by atoms with E-state index in [1.54, 1.807) is 13.2 Å². The average Bonchev–Trinajstić information content (AvgIpc) is 3.02. The minimum atomic E-state index is -0.147. The molecule has 0 aromatic carbocycles. The van der Waals surface area contributed by atoms with Gasteiger partial charge in [0.05, 0.1) is 12.1 Å². The fourth-order valence-corrected chi connectivity index (χ4v) is 1.79. The fourth-order valence-electron chi connectivity index (χ4n) is 1.79. The van der Waals surface area contributed by atoms with E-state index < -0.39 is 0 Å². The van der Waals surface area contributed by atoms with E-state index >= 15 is 0 Å². The molecule has 1 N–H and O–H groups in total. The molecule has 1 amide bonds. The Morgan fingerprint density at radius 2 is 2.18 bits per heavy atom. The molecule has 0 saturated heterocycles. The number of amides is 1. The third-order valence-corrected chi connectivity index (χ3v) is 3.24. The maximum atomic E-state index is 12.0.